The first-order valence-electron chi connectivity index (χ1n) is 8.47. The van der Waals surface area contributed by atoms with Gasteiger partial charge < -0.3 is 4.74 Å². The van der Waals surface area contributed by atoms with Gasteiger partial charge in [-0.3, -0.25) is 4.79 Å². The summed E-state index contributed by atoms with van der Waals surface area (Å²) in [6, 6.07) is 13.0. The zero-order valence-electron chi connectivity index (χ0n) is 15.3. The van der Waals surface area contributed by atoms with Crippen LogP contribution in [0, 0.1) is 5.82 Å². The second kappa shape index (κ2) is 8.73. The monoisotopic (exact) mass is 437 g/mol. The van der Waals surface area contributed by atoms with Crippen molar-refractivity contribution in [2.24, 2.45) is 0 Å². The maximum atomic E-state index is 13.5. The molecule has 0 atom stereocenters. The summed E-state index contributed by atoms with van der Waals surface area (Å²) in [4.78, 5) is 11.7. The fraction of sp³-hybridized carbons (Fsp3) is 0.158. The molecule has 0 saturated heterocycles. The summed E-state index contributed by atoms with van der Waals surface area (Å²) in [6.07, 6.45) is 0. The highest BCUT2D eigenvalue weighted by atomic mass is 35.5. The summed E-state index contributed by atoms with van der Waals surface area (Å²) in [5.74, 6) is -0.696. The van der Waals surface area contributed by atoms with Gasteiger partial charge in [-0.25, -0.2) is 22.2 Å². The molecule has 2 aromatic carbocycles. The number of halogens is 2. The molecular weight excluding hydrogens is 421 g/mol. The Kier molecular flexibility index (Phi) is 6.31. The normalized spacial score (nSPS) is 11.4. The van der Waals surface area contributed by atoms with E-state index in [0.29, 0.717) is 10.7 Å². The summed E-state index contributed by atoms with van der Waals surface area (Å²) in [6.45, 7) is -0.143. The SMILES string of the molecule is COc1ccc(F)cc1S(=O)(=O)NCCn1nc(-c2ccc(Cl)cc2)ccc1=O. The zero-order valence-corrected chi connectivity index (χ0v) is 16.9. The van der Waals surface area contributed by atoms with Crippen LogP contribution in [0.15, 0.2) is 64.3 Å². The first-order chi connectivity index (χ1) is 13.8. The molecule has 0 saturated carbocycles. The number of aromatic nitrogens is 2. The van der Waals surface area contributed by atoms with E-state index in [-0.39, 0.29) is 29.3 Å². The Bertz CT molecular complexity index is 1180. The highest BCUT2D eigenvalue weighted by molar-refractivity contribution is 7.89. The van der Waals surface area contributed by atoms with Gasteiger partial charge >= 0.3 is 0 Å². The van der Waals surface area contributed by atoms with E-state index in [1.165, 1.54) is 19.2 Å². The van der Waals surface area contributed by atoms with Crippen LogP contribution in [0.2, 0.25) is 5.02 Å². The third kappa shape index (κ3) is 5.00. The van der Waals surface area contributed by atoms with Crippen LogP contribution in [0.4, 0.5) is 4.39 Å². The molecule has 0 bridgehead atoms. The van der Waals surface area contributed by atoms with E-state index in [1.807, 2.05) is 0 Å². The molecule has 3 rings (SSSR count). The molecule has 1 aromatic heterocycles. The number of ether oxygens (including phenoxy) is 1. The van der Waals surface area contributed by atoms with Crippen molar-refractivity contribution >= 4 is 21.6 Å². The summed E-state index contributed by atoms with van der Waals surface area (Å²) in [5.41, 5.74) is 0.911. The van der Waals surface area contributed by atoms with Crippen LogP contribution >= 0.6 is 11.6 Å². The van der Waals surface area contributed by atoms with Gasteiger partial charge in [0.1, 0.15) is 16.5 Å². The van der Waals surface area contributed by atoms with E-state index < -0.39 is 15.8 Å². The lowest BCUT2D eigenvalue weighted by atomic mass is 10.1. The van der Waals surface area contributed by atoms with Crippen LogP contribution in [0.5, 0.6) is 5.75 Å². The van der Waals surface area contributed by atoms with Crippen LogP contribution < -0.4 is 15.0 Å². The van der Waals surface area contributed by atoms with E-state index in [2.05, 4.69) is 9.82 Å². The molecule has 1 heterocycles. The quantitative estimate of drug-likeness (QED) is 0.613. The molecule has 10 heteroatoms. The van der Waals surface area contributed by atoms with Crippen molar-refractivity contribution in [3.05, 3.63) is 75.8 Å². The molecule has 152 valence electrons. The summed E-state index contributed by atoms with van der Waals surface area (Å²) >= 11 is 5.88. The molecule has 0 amide bonds. The topological polar surface area (TPSA) is 90.3 Å². The maximum absolute atomic E-state index is 13.5. The number of methoxy groups -OCH3 is 1. The highest BCUT2D eigenvalue weighted by Crippen LogP contribution is 2.24. The fourth-order valence-electron chi connectivity index (χ4n) is 2.61. The summed E-state index contributed by atoms with van der Waals surface area (Å²) < 4.78 is 46.9. The number of nitrogens with zero attached hydrogens (tertiary/aromatic N) is 2. The lowest BCUT2D eigenvalue weighted by Gasteiger charge is -2.11. The van der Waals surface area contributed by atoms with E-state index in [4.69, 9.17) is 16.3 Å². The molecule has 0 unspecified atom stereocenters. The second-order valence-corrected chi connectivity index (χ2v) is 8.15. The minimum absolute atomic E-state index is 0.0129. The molecule has 3 aromatic rings. The Balaban J connectivity index is 1.76. The van der Waals surface area contributed by atoms with E-state index >= 15 is 0 Å². The molecule has 0 aliphatic carbocycles. The Labute approximate surface area is 171 Å². The second-order valence-electron chi connectivity index (χ2n) is 5.98. The lowest BCUT2D eigenvalue weighted by Crippen LogP contribution is -2.32. The van der Waals surface area contributed by atoms with E-state index in [1.54, 1.807) is 30.3 Å². The Hall–Kier alpha value is -2.75. The number of hydrogen-bond acceptors (Lipinski definition) is 5. The molecule has 29 heavy (non-hydrogen) atoms. The van der Waals surface area contributed by atoms with Crippen molar-refractivity contribution in [3.63, 3.8) is 0 Å². The third-order valence-electron chi connectivity index (χ3n) is 4.04. The largest absolute Gasteiger partial charge is 0.495 e. The molecule has 0 aliphatic heterocycles. The number of nitrogens with one attached hydrogen (secondary N) is 1. The first-order valence-corrected chi connectivity index (χ1v) is 10.3. The van der Waals surface area contributed by atoms with Crippen molar-refractivity contribution in [1.29, 1.82) is 0 Å². The predicted octanol–water partition coefficient (Wildman–Crippen LogP) is 2.69. The smallest absolute Gasteiger partial charge is 0.266 e. The standard InChI is InChI=1S/C19H17ClFN3O4S/c1-28-17-8-6-15(21)12-18(17)29(26,27)22-10-11-24-19(25)9-7-16(23-24)13-2-4-14(20)5-3-13/h2-9,12,22H,10-11H2,1H3. The maximum Gasteiger partial charge on any atom is 0.266 e. The van der Waals surface area contributed by atoms with Crippen molar-refractivity contribution in [3.8, 4) is 17.0 Å². The molecular formula is C19H17ClFN3O4S. The number of benzene rings is 2. The number of sulfonamides is 1. The van der Waals surface area contributed by atoms with Gasteiger partial charge in [0.15, 0.2) is 0 Å². The van der Waals surface area contributed by atoms with Crippen LogP contribution in [0.1, 0.15) is 0 Å². The summed E-state index contributed by atoms with van der Waals surface area (Å²) in [7, 11) is -2.76. The van der Waals surface area contributed by atoms with Gasteiger partial charge in [0.25, 0.3) is 5.56 Å². The predicted molar refractivity (Wildman–Crippen MR) is 107 cm³/mol. The van der Waals surface area contributed by atoms with Gasteiger partial charge in [0.2, 0.25) is 10.0 Å². The van der Waals surface area contributed by atoms with Crippen molar-refractivity contribution in [1.82, 2.24) is 14.5 Å². The van der Waals surface area contributed by atoms with Gasteiger partial charge in [-0.05, 0) is 36.4 Å². The minimum Gasteiger partial charge on any atom is -0.495 e. The number of rotatable bonds is 7. The van der Waals surface area contributed by atoms with Gasteiger partial charge in [0, 0.05) is 23.2 Å². The highest BCUT2D eigenvalue weighted by Gasteiger charge is 2.20. The molecule has 0 aliphatic rings. The van der Waals surface area contributed by atoms with Crippen LogP contribution in [-0.2, 0) is 16.6 Å². The van der Waals surface area contributed by atoms with Crippen molar-refractivity contribution < 1.29 is 17.5 Å². The van der Waals surface area contributed by atoms with Crippen LogP contribution in [0.25, 0.3) is 11.3 Å². The van der Waals surface area contributed by atoms with Gasteiger partial charge in [0.05, 0.1) is 19.3 Å². The Morgan fingerprint density at radius 2 is 1.86 bits per heavy atom. The average Bonchev–Trinajstić information content (AvgIpc) is 2.70. The van der Waals surface area contributed by atoms with Crippen LogP contribution in [0.3, 0.4) is 0 Å². The van der Waals surface area contributed by atoms with Crippen molar-refractivity contribution in [2.75, 3.05) is 13.7 Å². The minimum atomic E-state index is -4.05. The lowest BCUT2D eigenvalue weighted by molar-refractivity contribution is 0.400. The van der Waals surface area contributed by atoms with E-state index in [9.17, 15) is 17.6 Å². The third-order valence-corrected chi connectivity index (χ3v) is 5.77. The van der Waals surface area contributed by atoms with Gasteiger partial charge in [-0.2, -0.15) is 5.10 Å². The van der Waals surface area contributed by atoms with Gasteiger partial charge in [-0.1, -0.05) is 23.7 Å². The number of hydrogen-bond donors (Lipinski definition) is 1. The average molecular weight is 438 g/mol. The molecule has 0 spiro atoms. The van der Waals surface area contributed by atoms with E-state index in [0.717, 1.165) is 22.4 Å². The van der Waals surface area contributed by atoms with Gasteiger partial charge in [-0.15, -0.1) is 0 Å². The van der Waals surface area contributed by atoms with Crippen LogP contribution in [-0.4, -0.2) is 31.9 Å². The Morgan fingerprint density at radius 3 is 2.55 bits per heavy atom. The fourth-order valence-corrected chi connectivity index (χ4v) is 3.93. The zero-order chi connectivity index (χ0) is 21.0. The van der Waals surface area contributed by atoms with Crippen molar-refractivity contribution in [2.45, 2.75) is 11.4 Å². The first kappa shape index (κ1) is 21.0. The molecule has 1 N–H and O–H groups in total. The molecule has 0 radical (unpaired) electrons. The Morgan fingerprint density at radius 1 is 1.14 bits per heavy atom. The molecule has 0 fully saturated rings. The molecule has 7 nitrogen and oxygen atoms in total. The summed E-state index contributed by atoms with van der Waals surface area (Å²) in [5, 5.41) is 4.83.